The molecule has 0 unspecified atom stereocenters. The minimum atomic E-state index is -1.14. The summed E-state index contributed by atoms with van der Waals surface area (Å²) in [7, 11) is 0. The summed E-state index contributed by atoms with van der Waals surface area (Å²) in [6.45, 7) is 2.60. The van der Waals surface area contributed by atoms with Gasteiger partial charge in [0.25, 0.3) is 5.91 Å². The highest BCUT2D eigenvalue weighted by Gasteiger charge is 2.25. The lowest BCUT2D eigenvalue weighted by Crippen LogP contribution is -2.42. The molecule has 1 heterocycles. The predicted molar refractivity (Wildman–Crippen MR) is 139 cm³/mol. The molecule has 1 fully saturated rings. The minimum Gasteiger partial charge on any atom is -0.480 e. The molecule has 2 N–H and O–H groups in total. The van der Waals surface area contributed by atoms with Gasteiger partial charge in [0, 0.05) is 13.0 Å². The van der Waals surface area contributed by atoms with Gasteiger partial charge in [0.05, 0.1) is 15.6 Å². The van der Waals surface area contributed by atoms with E-state index < -0.39 is 17.9 Å². The van der Waals surface area contributed by atoms with Crippen LogP contribution in [0.2, 0.25) is 10.0 Å². The van der Waals surface area contributed by atoms with Crippen LogP contribution in [0.5, 0.6) is 0 Å². The number of hydrogen-bond donors (Lipinski definition) is 2. The molecule has 3 aromatic rings. The van der Waals surface area contributed by atoms with Crippen LogP contribution < -0.4 is 5.32 Å². The quantitative estimate of drug-likeness (QED) is 0.379. The van der Waals surface area contributed by atoms with Crippen molar-refractivity contribution in [3.05, 3.63) is 105 Å². The number of piperidine rings is 1. The molecule has 5 nitrogen and oxygen atoms in total. The second kappa shape index (κ2) is 11.9. The Morgan fingerprint density at radius 2 is 1.61 bits per heavy atom. The first-order valence-corrected chi connectivity index (χ1v) is 12.6. The van der Waals surface area contributed by atoms with Crippen LogP contribution in [0.15, 0.2) is 66.7 Å². The number of nitrogens with one attached hydrogen (secondary N) is 1. The van der Waals surface area contributed by atoms with Crippen molar-refractivity contribution in [1.29, 1.82) is 0 Å². The molecular weight excluding hydrogens is 502 g/mol. The number of carboxylic acids is 1. The number of carbonyl (C=O) groups is 2. The van der Waals surface area contributed by atoms with E-state index in [0.717, 1.165) is 43.6 Å². The van der Waals surface area contributed by atoms with Gasteiger partial charge in [0.2, 0.25) is 0 Å². The van der Waals surface area contributed by atoms with Gasteiger partial charge in [0.1, 0.15) is 11.9 Å². The van der Waals surface area contributed by atoms with Crippen LogP contribution in [0.3, 0.4) is 0 Å². The van der Waals surface area contributed by atoms with Crippen molar-refractivity contribution in [2.45, 2.75) is 37.8 Å². The number of amides is 1. The summed E-state index contributed by atoms with van der Waals surface area (Å²) in [6, 6.07) is 18.2. The summed E-state index contributed by atoms with van der Waals surface area (Å²) in [4.78, 5) is 26.8. The Kier molecular flexibility index (Phi) is 8.62. The summed E-state index contributed by atoms with van der Waals surface area (Å²) in [5.74, 6) is -1.55. The maximum absolute atomic E-state index is 13.5. The van der Waals surface area contributed by atoms with Crippen LogP contribution in [-0.2, 0) is 17.8 Å². The Bertz CT molecular complexity index is 1210. The number of carbonyl (C=O) groups excluding carboxylic acids is 1. The van der Waals surface area contributed by atoms with Crippen molar-refractivity contribution in [3.63, 3.8) is 0 Å². The number of carboxylic acid groups (broad SMARTS) is 1. The van der Waals surface area contributed by atoms with Gasteiger partial charge in [-0.25, -0.2) is 9.18 Å². The molecule has 0 bridgehead atoms. The Hall–Kier alpha value is -2.93. The van der Waals surface area contributed by atoms with E-state index in [-0.39, 0.29) is 27.8 Å². The SMILES string of the molecule is O=C(N[C@@H](Cc1ccc(C2CCN(Cc3cccc(F)c3)CC2)cc1)C(=O)O)c1c(Cl)cccc1Cl. The van der Waals surface area contributed by atoms with Crippen molar-refractivity contribution in [2.24, 2.45) is 0 Å². The van der Waals surface area contributed by atoms with Gasteiger partial charge in [-0.1, -0.05) is 65.7 Å². The largest absolute Gasteiger partial charge is 0.480 e. The maximum Gasteiger partial charge on any atom is 0.326 e. The van der Waals surface area contributed by atoms with E-state index in [1.54, 1.807) is 18.2 Å². The fourth-order valence-electron chi connectivity index (χ4n) is 4.62. The van der Waals surface area contributed by atoms with Crippen LogP contribution in [0, 0.1) is 5.82 Å². The smallest absolute Gasteiger partial charge is 0.326 e. The molecule has 4 rings (SSSR count). The fourth-order valence-corrected chi connectivity index (χ4v) is 5.19. The third kappa shape index (κ3) is 6.64. The lowest BCUT2D eigenvalue weighted by molar-refractivity contribution is -0.139. The Morgan fingerprint density at radius 3 is 2.22 bits per heavy atom. The van der Waals surface area contributed by atoms with E-state index >= 15 is 0 Å². The maximum atomic E-state index is 13.5. The molecule has 0 aromatic heterocycles. The number of nitrogens with zero attached hydrogens (tertiary/aromatic N) is 1. The normalized spacial score (nSPS) is 15.4. The molecule has 0 spiro atoms. The fraction of sp³-hybridized carbons (Fsp3) is 0.286. The summed E-state index contributed by atoms with van der Waals surface area (Å²) >= 11 is 12.2. The Balaban J connectivity index is 1.33. The third-order valence-electron chi connectivity index (χ3n) is 6.57. The van der Waals surface area contributed by atoms with E-state index in [1.165, 1.54) is 23.8 Å². The van der Waals surface area contributed by atoms with E-state index in [2.05, 4.69) is 10.2 Å². The molecule has 0 radical (unpaired) electrons. The van der Waals surface area contributed by atoms with Crippen molar-refractivity contribution in [3.8, 4) is 0 Å². The molecule has 3 aromatic carbocycles. The average molecular weight is 529 g/mol. The number of aliphatic carboxylic acids is 1. The minimum absolute atomic E-state index is 0.0613. The zero-order chi connectivity index (χ0) is 25.7. The summed E-state index contributed by atoms with van der Waals surface area (Å²) in [6.07, 6.45) is 2.14. The Morgan fingerprint density at radius 1 is 0.972 bits per heavy atom. The van der Waals surface area contributed by atoms with Gasteiger partial charge in [0.15, 0.2) is 0 Å². The van der Waals surface area contributed by atoms with Crippen LogP contribution in [0.1, 0.15) is 45.8 Å². The second-order valence-electron chi connectivity index (χ2n) is 9.09. The van der Waals surface area contributed by atoms with Crippen molar-refractivity contribution in [1.82, 2.24) is 10.2 Å². The van der Waals surface area contributed by atoms with Gasteiger partial charge in [-0.05, 0) is 72.8 Å². The third-order valence-corrected chi connectivity index (χ3v) is 7.20. The second-order valence-corrected chi connectivity index (χ2v) is 9.90. The van der Waals surface area contributed by atoms with E-state index in [1.807, 2.05) is 30.3 Å². The predicted octanol–water partition coefficient (Wildman–Crippen LogP) is 5.94. The van der Waals surface area contributed by atoms with Gasteiger partial charge in [-0.2, -0.15) is 0 Å². The average Bonchev–Trinajstić information content (AvgIpc) is 2.84. The van der Waals surface area contributed by atoms with Crippen LogP contribution in [0.4, 0.5) is 4.39 Å². The lowest BCUT2D eigenvalue weighted by atomic mass is 9.88. The van der Waals surface area contributed by atoms with Gasteiger partial charge in [-0.15, -0.1) is 0 Å². The topological polar surface area (TPSA) is 69.6 Å². The van der Waals surface area contributed by atoms with Crippen molar-refractivity contribution < 1.29 is 19.1 Å². The lowest BCUT2D eigenvalue weighted by Gasteiger charge is -2.32. The standard InChI is InChI=1S/C28H27Cl2FN2O3/c29-23-5-2-6-24(30)26(23)27(34)32-25(28(35)36)16-18-7-9-20(10-8-18)21-11-13-33(14-12-21)17-19-3-1-4-22(31)15-19/h1-10,15,21,25H,11-14,16-17H2,(H,32,34)(H,35,36)/t25-/m0/s1. The van der Waals surface area contributed by atoms with Gasteiger partial charge >= 0.3 is 5.97 Å². The molecule has 1 aliphatic heterocycles. The van der Waals surface area contributed by atoms with Crippen LogP contribution in [-0.4, -0.2) is 41.0 Å². The van der Waals surface area contributed by atoms with E-state index in [4.69, 9.17) is 23.2 Å². The molecule has 1 aliphatic rings. The zero-order valence-corrected chi connectivity index (χ0v) is 21.1. The highest BCUT2D eigenvalue weighted by atomic mass is 35.5. The molecule has 1 saturated heterocycles. The first kappa shape index (κ1) is 26.1. The van der Waals surface area contributed by atoms with Crippen LogP contribution >= 0.6 is 23.2 Å². The van der Waals surface area contributed by atoms with Gasteiger partial charge < -0.3 is 10.4 Å². The number of benzene rings is 3. The summed E-state index contributed by atoms with van der Waals surface area (Å²) in [5, 5.41) is 12.5. The number of likely N-dealkylation sites (tertiary alicyclic amines) is 1. The van der Waals surface area contributed by atoms with E-state index in [9.17, 15) is 19.1 Å². The Labute approximate surface area is 219 Å². The zero-order valence-electron chi connectivity index (χ0n) is 19.6. The van der Waals surface area contributed by atoms with Gasteiger partial charge in [-0.3, -0.25) is 9.69 Å². The first-order valence-electron chi connectivity index (χ1n) is 11.8. The van der Waals surface area contributed by atoms with E-state index in [0.29, 0.717) is 5.92 Å². The number of hydrogen-bond acceptors (Lipinski definition) is 3. The molecular formula is C28H27Cl2FN2O3. The molecule has 188 valence electrons. The molecule has 1 amide bonds. The number of halogens is 3. The van der Waals surface area contributed by atoms with Crippen molar-refractivity contribution >= 4 is 35.1 Å². The summed E-state index contributed by atoms with van der Waals surface area (Å²) in [5.41, 5.74) is 3.06. The highest BCUT2D eigenvalue weighted by molar-refractivity contribution is 6.39. The van der Waals surface area contributed by atoms with Crippen molar-refractivity contribution in [2.75, 3.05) is 13.1 Å². The first-order chi connectivity index (χ1) is 17.3. The molecule has 1 atom stereocenters. The molecule has 36 heavy (non-hydrogen) atoms. The number of rotatable bonds is 8. The molecule has 0 saturated carbocycles. The van der Waals surface area contributed by atoms with Crippen LogP contribution in [0.25, 0.3) is 0 Å². The monoisotopic (exact) mass is 528 g/mol. The summed E-state index contributed by atoms with van der Waals surface area (Å²) < 4.78 is 13.5. The molecule has 8 heteroatoms. The highest BCUT2D eigenvalue weighted by Crippen LogP contribution is 2.29. The molecule has 0 aliphatic carbocycles.